The number of nitrogens with zero attached hydrogens (tertiary/aromatic N) is 1. The standard InChI is InChI=1S/C11H11F3N2O3/c12-11(13,14)7-1-2-10(9(5-7)16(17)18)19-8-3-4-15-6-8/h1-2,5,8,15H,3-4,6H2/t8-/m0/s1. The van der Waals surface area contributed by atoms with Crippen molar-refractivity contribution in [1.82, 2.24) is 5.32 Å². The highest BCUT2D eigenvalue weighted by molar-refractivity contribution is 5.49. The maximum Gasteiger partial charge on any atom is 0.416 e. The first-order valence-corrected chi connectivity index (χ1v) is 5.61. The summed E-state index contributed by atoms with van der Waals surface area (Å²) >= 11 is 0. The highest BCUT2D eigenvalue weighted by atomic mass is 19.4. The van der Waals surface area contributed by atoms with E-state index in [-0.39, 0.29) is 11.9 Å². The molecule has 1 aromatic carbocycles. The number of ether oxygens (including phenoxy) is 1. The van der Waals surface area contributed by atoms with Crippen LogP contribution in [0.3, 0.4) is 0 Å². The van der Waals surface area contributed by atoms with Crippen molar-refractivity contribution in [3.8, 4) is 5.75 Å². The second-order valence-electron chi connectivity index (χ2n) is 4.17. The number of benzene rings is 1. The van der Waals surface area contributed by atoms with Gasteiger partial charge in [-0.1, -0.05) is 0 Å². The molecule has 1 heterocycles. The molecule has 5 nitrogen and oxygen atoms in total. The van der Waals surface area contributed by atoms with Crippen LogP contribution in [0.2, 0.25) is 0 Å². The summed E-state index contributed by atoms with van der Waals surface area (Å²) in [5.41, 5.74) is -1.72. The molecule has 0 aromatic heterocycles. The Morgan fingerprint density at radius 1 is 1.42 bits per heavy atom. The SMILES string of the molecule is O=[N+]([O-])c1cc(C(F)(F)F)ccc1O[C@H]1CCNC1. The minimum absolute atomic E-state index is 0.133. The van der Waals surface area contributed by atoms with Crippen molar-refractivity contribution >= 4 is 5.69 Å². The number of hydrogen-bond acceptors (Lipinski definition) is 4. The molecule has 104 valence electrons. The van der Waals surface area contributed by atoms with E-state index < -0.39 is 22.4 Å². The van der Waals surface area contributed by atoms with Gasteiger partial charge in [0.15, 0.2) is 5.75 Å². The molecule has 8 heteroatoms. The van der Waals surface area contributed by atoms with Gasteiger partial charge in [0.1, 0.15) is 6.10 Å². The minimum Gasteiger partial charge on any atom is -0.482 e. The Kier molecular flexibility index (Phi) is 3.61. The maximum absolute atomic E-state index is 12.5. The Morgan fingerprint density at radius 2 is 2.16 bits per heavy atom. The summed E-state index contributed by atoms with van der Waals surface area (Å²) in [6.07, 6.45) is -4.20. The van der Waals surface area contributed by atoms with E-state index in [0.717, 1.165) is 18.7 Å². The number of halogens is 3. The van der Waals surface area contributed by atoms with Crippen LogP contribution in [0, 0.1) is 10.1 Å². The first-order chi connectivity index (χ1) is 8.88. The molecule has 0 spiro atoms. The molecule has 1 saturated heterocycles. The Bertz CT molecular complexity index is 485. The molecular weight excluding hydrogens is 265 g/mol. The highest BCUT2D eigenvalue weighted by Crippen LogP contribution is 2.36. The zero-order chi connectivity index (χ0) is 14.0. The van der Waals surface area contributed by atoms with Crippen LogP contribution in [-0.2, 0) is 6.18 Å². The molecule has 0 saturated carbocycles. The zero-order valence-electron chi connectivity index (χ0n) is 9.74. The number of nitrogens with one attached hydrogen (secondary N) is 1. The Morgan fingerprint density at radius 3 is 2.68 bits per heavy atom. The van der Waals surface area contributed by atoms with Crippen molar-refractivity contribution < 1.29 is 22.8 Å². The summed E-state index contributed by atoms with van der Waals surface area (Å²) in [4.78, 5) is 9.95. The van der Waals surface area contributed by atoms with E-state index in [9.17, 15) is 23.3 Å². The van der Waals surface area contributed by atoms with Crippen molar-refractivity contribution in [3.63, 3.8) is 0 Å². The first-order valence-electron chi connectivity index (χ1n) is 5.61. The monoisotopic (exact) mass is 276 g/mol. The molecule has 0 amide bonds. The van der Waals surface area contributed by atoms with Gasteiger partial charge < -0.3 is 10.1 Å². The van der Waals surface area contributed by atoms with E-state index in [0.29, 0.717) is 19.0 Å². The van der Waals surface area contributed by atoms with E-state index in [2.05, 4.69) is 5.32 Å². The van der Waals surface area contributed by atoms with Crippen molar-refractivity contribution in [1.29, 1.82) is 0 Å². The van der Waals surface area contributed by atoms with Gasteiger partial charge in [-0.25, -0.2) is 0 Å². The lowest BCUT2D eigenvalue weighted by Crippen LogP contribution is -2.20. The molecule has 0 aliphatic carbocycles. The van der Waals surface area contributed by atoms with Crippen LogP contribution in [0.5, 0.6) is 5.75 Å². The third-order valence-electron chi connectivity index (χ3n) is 2.79. The van der Waals surface area contributed by atoms with Crippen LogP contribution in [-0.4, -0.2) is 24.1 Å². The van der Waals surface area contributed by atoms with Crippen LogP contribution >= 0.6 is 0 Å². The van der Waals surface area contributed by atoms with E-state index in [1.54, 1.807) is 0 Å². The lowest BCUT2D eigenvalue weighted by molar-refractivity contribution is -0.386. The summed E-state index contributed by atoms with van der Waals surface area (Å²) in [5.74, 6) is -0.133. The fraction of sp³-hybridized carbons (Fsp3) is 0.455. The molecular formula is C11H11F3N2O3. The van der Waals surface area contributed by atoms with Crippen LogP contribution in [0.15, 0.2) is 18.2 Å². The second-order valence-corrected chi connectivity index (χ2v) is 4.17. The molecule has 1 aliphatic rings. The van der Waals surface area contributed by atoms with Gasteiger partial charge in [0.25, 0.3) is 0 Å². The third kappa shape index (κ3) is 3.14. The molecule has 1 aromatic rings. The Labute approximate surface area is 106 Å². The van der Waals surface area contributed by atoms with E-state index in [1.807, 2.05) is 0 Å². The van der Waals surface area contributed by atoms with E-state index in [1.165, 1.54) is 0 Å². The normalized spacial score (nSPS) is 19.4. The van der Waals surface area contributed by atoms with Crippen LogP contribution in [0.4, 0.5) is 18.9 Å². The zero-order valence-corrected chi connectivity index (χ0v) is 9.74. The topological polar surface area (TPSA) is 64.4 Å². The maximum atomic E-state index is 12.5. The number of nitro benzene ring substituents is 1. The molecule has 2 rings (SSSR count). The van der Waals surface area contributed by atoms with Gasteiger partial charge in [-0.05, 0) is 25.1 Å². The summed E-state index contributed by atoms with van der Waals surface area (Å²) < 4.78 is 42.8. The van der Waals surface area contributed by atoms with Crippen molar-refractivity contribution in [2.45, 2.75) is 18.7 Å². The summed E-state index contributed by atoms with van der Waals surface area (Å²) in [7, 11) is 0. The number of hydrogen-bond donors (Lipinski definition) is 1. The number of nitro groups is 1. The fourth-order valence-corrected chi connectivity index (χ4v) is 1.84. The highest BCUT2D eigenvalue weighted by Gasteiger charge is 2.33. The van der Waals surface area contributed by atoms with Gasteiger partial charge in [-0.15, -0.1) is 0 Å². The molecule has 0 unspecified atom stereocenters. The number of alkyl halides is 3. The molecule has 0 radical (unpaired) electrons. The summed E-state index contributed by atoms with van der Waals surface area (Å²) in [5, 5.41) is 13.8. The molecule has 19 heavy (non-hydrogen) atoms. The van der Waals surface area contributed by atoms with Crippen molar-refractivity contribution in [3.05, 3.63) is 33.9 Å². The van der Waals surface area contributed by atoms with Crippen molar-refractivity contribution in [2.75, 3.05) is 13.1 Å². The second kappa shape index (κ2) is 5.04. The number of rotatable bonds is 3. The largest absolute Gasteiger partial charge is 0.482 e. The molecule has 1 fully saturated rings. The van der Waals surface area contributed by atoms with Gasteiger partial charge in [0, 0.05) is 12.6 Å². The first kappa shape index (κ1) is 13.6. The average molecular weight is 276 g/mol. The van der Waals surface area contributed by atoms with Gasteiger partial charge in [0.2, 0.25) is 0 Å². The molecule has 0 bridgehead atoms. The minimum atomic E-state index is -4.61. The predicted molar refractivity (Wildman–Crippen MR) is 60.0 cm³/mol. The molecule has 1 atom stereocenters. The predicted octanol–water partition coefficient (Wildman–Crippen LogP) is 2.35. The van der Waals surface area contributed by atoms with Crippen LogP contribution in [0.25, 0.3) is 0 Å². The molecule has 1 aliphatic heterocycles. The summed E-state index contributed by atoms with van der Waals surface area (Å²) in [6, 6.07) is 2.28. The van der Waals surface area contributed by atoms with Gasteiger partial charge in [0.05, 0.1) is 10.5 Å². The average Bonchev–Trinajstić information content (AvgIpc) is 2.80. The smallest absolute Gasteiger partial charge is 0.416 e. The third-order valence-corrected chi connectivity index (χ3v) is 2.79. The fourth-order valence-electron chi connectivity index (χ4n) is 1.84. The van der Waals surface area contributed by atoms with E-state index in [4.69, 9.17) is 4.74 Å². The summed E-state index contributed by atoms with van der Waals surface area (Å²) in [6.45, 7) is 1.25. The van der Waals surface area contributed by atoms with Gasteiger partial charge >= 0.3 is 11.9 Å². The van der Waals surface area contributed by atoms with Crippen molar-refractivity contribution in [2.24, 2.45) is 0 Å². The lowest BCUT2D eigenvalue weighted by Gasteiger charge is -2.13. The van der Waals surface area contributed by atoms with E-state index >= 15 is 0 Å². The van der Waals surface area contributed by atoms with Crippen LogP contribution in [0.1, 0.15) is 12.0 Å². The Balaban J connectivity index is 2.29. The lowest BCUT2D eigenvalue weighted by atomic mass is 10.2. The Hall–Kier alpha value is -1.83. The van der Waals surface area contributed by atoms with Crippen LogP contribution < -0.4 is 10.1 Å². The van der Waals surface area contributed by atoms with Gasteiger partial charge in [-0.3, -0.25) is 10.1 Å². The van der Waals surface area contributed by atoms with Gasteiger partial charge in [-0.2, -0.15) is 13.2 Å². The molecule has 1 N–H and O–H groups in total. The quantitative estimate of drug-likeness (QED) is 0.680.